The van der Waals surface area contributed by atoms with E-state index < -0.39 is 23.4 Å². The Morgan fingerprint density at radius 1 is 1.00 bits per heavy atom. The highest BCUT2D eigenvalue weighted by atomic mass is 32.1. The lowest BCUT2D eigenvalue weighted by Crippen LogP contribution is -2.24. The molecule has 1 heterocycles. The second kappa shape index (κ2) is 9.60. The minimum atomic E-state index is -4.42. The van der Waals surface area contributed by atoms with Crippen molar-refractivity contribution in [1.82, 2.24) is 9.99 Å². The highest BCUT2D eigenvalue weighted by Gasteiger charge is 2.30. The highest BCUT2D eigenvalue weighted by molar-refractivity contribution is 7.80. The normalized spacial score (nSPS) is 11.8. The third-order valence-corrected chi connectivity index (χ3v) is 5.17. The number of benzene rings is 3. The molecule has 174 valence electrons. The summed E-state index contributed by atoms with van der Waals surface area (Å²) in [5.74, 6) is -1.51. The molecule has 10 heteroatoms. The summed E-state index contributed by atoms with van der Waals surface area (Å²) in [6.07, 6.45) is -1.15. The first-order valence-corrected chi connectivity index (χ1v) is 10.4. The molecule has 4 nitrogen and oxygen atoms in total. The minimum Gasteiger partial charge on any atom is -0.342 e. The molecule has 34 heavy (non-hydrogen) atoms. The molecular weight excluding hydrogens is 471 g/mol. The van der Waals surface area contributed by atoms with E-state index in [0.717, 1.165) is 35.2 Å². The summed E-state index contributed by atoms with van der Waals surface area (Å²) in [5, 5.41) is 7.48. The van der Waals surface area contributed by atoms with Crippen LogP contribution in [0.2, 0.25) is 0 Å². The van der Waals surface area contributed by atoms with Crippen molar-refractivity contribution in [3.05, 3.63) is 101 Å². The molecule has 0 atom stereocenters. The zero-order chi connectivity index (χ0) is 24.3. The number of halogens is 5. The fourth-order valence-corrected chi connectivity index (χ4v) is 3.62. The van der Waals surface area contributed by atoms with E-state index in [4.69, 9.17) is 12.2 Å². The number of thiocarbonyl (C=S) groups is 1. The van der Waals surface area contributed by atoms with Crippen molar-refractivity contribution in [3.8, 4) is 0 Å². The predicted molar refractivity (Wildman–Crippen MR) is 126 cm³/mol. The molecule has 4 aromatic rings. The molecule has 0 spiro atoms. The Bertz CT molecular complexity index is 1380. The average Bonchev–Trinajstić information content (AvgIpc) is 3.13. The molecule has 0 unspecified atom stereocenters. The summed E-state index contributed by atoms with van der Waals surface area (Å²) in [6, 6.07) is 15.6. The Morgan fingerprint density at radius 3 is 2.56 bits per heavy atom. The summed E-state index contributed by atoms with van der Waals surface area (Å²) in [6.45, 7) is 0.232. The number of nitrogens with one attached hydrogen (secondary N) is 2. The van der Waals surface area contributed by atoms with Crippen LogP contribution in [0.25, 0.3) is 10.9 Å². The van der Waals surface area contributed by atoms with Gasteiger partial charge in [0.25, 0.3) is 0 Å². The van der Waals surface area contributed by atoms with Crippen LogP contribution in [0.1, 0.15) is 16.7 Å². The first kappa shape index (κ1) is 23.4. The number of hydrazone groups is 1. The molecular formula is C24H17F5N4S. The van der Waals surface area contributed by atoms with Gasteiger partial charge in [-0.3, -0.25) is 5.43 Å². The average molecular weight is 488 g/mol. The molecule has 2 N–H and O–H groups in total. The number of hydrogen-bond donors (Lipinski definition) is 2. The second-order valence-corrected chi connectivity index (χ2v) is 7.78. The largest absolute Gasteiger partial charge is 0.416 e. The lowest BCUT2D eigenvalue weighted by atomic mass is 10.1. The molecule has 0 saturated heterocycles. The number of alkyl halides is 3. The molecule has 0 saturated carbocycles. The zero-order valence-electron chi connectivity index (χ0n) is 17.4. The van der Waals surface area contributed by atoms with Gasteiger partial charge in [0.15, 0.2) is 5.11 Å². The zero-order valence-corrected chi connectivity index (χ0v) is 18.2. The maximum Gasteiger partial charge on any atom is 0.416 e. The van der Waals surface area contributed by atoms with E-state index in [1.807, 2.05) is 28.8 Å². The lowest BCUT2D eigenvalue weighted by Gasteiger charge is -2.10. The van der Waals surface area contributed by atoms with Crippen molar-refractivity contribution in [2.24, 2.45) is 5.10 Å². The Kier molecular flexibility index (Phi) is 6.60. The van der Waals surface area contributed by atoms with Gasteiger partial charge in [0.05, 0.1) is 17.5 Å². The molecule has 1 aromatic heterocycles. The fourth-order valence-electron chi connectivity index (χ4n) is 3.45. The van der Waals surface area contributed by atoms with Crippen LogP contribution in [0.15, 0.2) is 78.0 Å². The van der Waals surface area contributed by atoms with Gasteiger partial charge < -0.3 is 9.88 Å². The highest BCUT2D eigenvalue weighted by Crippen LogP contribution is 2.30. The van der Waals surface area contributed by atoms with Crippen LogP contribution in [0, 0.1) is 11.6 Å². The molecule has 0 radical (unpaired) electrons. The van der Waals surface area contributed by atoms with E-state index in [0.29, 0.717) is 11.1 Å². The molecule has 4 rings (SSSR count). The summed E-state index contributed by atoms with van der Waals surface area (Å²) >= 11 is 5.08. The molecule has 0 bridgehead atoms. The third-order valence-electron chi connectivity index (χ3n) is 4.98. The number of hydrogen-bond acceptors (Lipinski definition) is 2. The van der Waals surface area contributed by atoms with Gasteiger partial charge in [0.2, 0.25) is 0 Å². The van der Waals surface area contributed by atoms with Crippen LogP contribution in [0.4, 0.5) is 27.6 Å². The van der Waals surface area contributed by atoms with Crippen molar-refractivity contribution in [1.29, 1.82) is 0 Å². The summed E-state index contributed by atoms with van der Waals surface area (Å²) < 4.78 is 67.8. The van der Waals surface area contributed by atoms with Gasteiger partial charge in [0.1, 0.15) is 11.6 Å². The van der Waals surface area contributed by atoms with Gasteiger partial charge in [-0.1, -0.05) is 30.3 Å². The Balaban J connectivity index is 1.52. The number of anilines is 1. The number of para-hydroxylation sites is 1. The third kappa shape index (κ3) is 5.40. The molecule has 3 aromatic carbocycles. The van der Waals surface area contributed by atoms with Crippen LogP contribution in [0.5, 0.6) is 0 Å². The van der Waals surface area contributed by atoms with Crippen molar-refractivity contribution in [2.75, 3.05) is 5.32 Å². The predicted octanol–water partition coefficient (Wildman–Crippen LogP) is 6.31. The maximum atomic E-state index is 13.8. The number of aromatic nitrogens is 1. The first-order chi connectivity index (χ1) is 16.2. The minimum absolute atomic E-state index is 0.00513. The van der Waals surface area contributed by atoms with E-state index in [1.165, 1.54) is 18.3 Å². The van der Waals surface area contributed by atoms with Crippen molar-refractivity contribution >= 4 is 40.1 Å². The molecule has 0 aliphatic carbocycles. The van der Waals surface area contributed by atoms with Gasteiger partial charge in [-0.2, -0.15) is 18.3 Å². The Morgan fingerprint density at radius 2 is 1.79 bits per heavy atom. The van der Waals surface area contributed by atoms with E-state index >= 15 is 0 Å². The standard InChI is InChI=1S/C24H17F5N4S/c25-18-8-9-21(20(26)11-18)31-23(34)32-30-12-16-14-33(22-7-2-1-6-19(16)22)13-15-4-3-5-17(10-15)24(27,28)29/h1-12,14H,13H2,(H2,31,32,34)/b30-12-. The van der Waals surface area contributed by atoms with Gasteiger partial charge >= 0.3 is 6.18 Å². The number of nitrogens with zero attached hydrogens (tertiary/aromatic N) is 2. The fraction of sp³-hybridized carbons (Fsp3) is 0.0833. The Hall–Kier alpha value is -3.79. The summed E-state index contributed by atoms with van der Waals surface area (Å²) in [7, 11) is 0. The van der Waals surface area contributed by atoms with E-state index in [1.54, 1.807) is 12.3 Å². The maximum absolute atomic E-state index is 13.8. The van der Waals surface area contributed by atoms with Crippen LogP contribution in [-0.4, -0.2) is 15.9 Å². The van der Waals surface area contributed by atoms with E-state index in [-0.39, 0.29) is 17.3 Å². The van der Waals surface area contributed by atoms with E-state index in [9.17, 15) is 22.0 Å². The van der Waals surface area contributed by atoms with Gasteiger partial charge in [0, 0.05) is 35.3 Å². The summed E-state index contributed by atoms with van der Waals surface area (Å²) in [5.41, 5.74) is 3.87. The van der Waals surface area contributed by atoms with Crippen molar-refractivity contribution in [2.45, 2.75) is 12.7 Å². The van der Waals surface area contributed by atoms with Crippen molar-refractivity contribution in [3.63, 3.8) is 0 Å². The molecule has 0 aliphatic heterocycles. The van der Waals surface area contributed by atoms with Crippen LogP contribution in [-0.2, 0) is 12.7 Å². The number of rotatable bonds is 5. The lowest BCUT2D eigenvalue weighted by molar-refractivity contribution is -0.137. The van der Waals surface area contributed by atoms with Gasteiger partial charge in [-0.25, -0.2) is 8.78 Å². The quantitative estimate of drug-likeness (QED) is 0.150. The van der Waals surface area contributed by atoms with Crippen molar-refractivity contribution < 1.29 is 22.0 Å². The Labute approximate surface area is 196 Å². The topological polar surface area (TPSA) is 41.4 Å². The number of fused-ring (bicyclic) bond motifs is 1. The van der Waals surface area contributed by atoms with Gasteiger partial charge in [-0.15, -0.1) is 0 Å². The molecule has 0 amide bonds. The first-order valence-electron chi connectivity index (χ1n) is 10.00. The summed E-state index contributed by atoms with van der Waals surface area (Å²) in [4.78, 5) is 0. The van der Waals surface area contributed by atoms with Crippen LogP contribution >= 0.6 is 12.2 Å². The van der Waals surface area contributed by atoms with Crippen LogP contribution < -0.4 is 10.7 Å². The van der Waals surface area contributed by atoms with Gasteiger partial charge in [-0.05, 0) is 48.1 Å². The second-order valence-electron chi connectivity index (χ2n) is 7.38. The smallest absolute Gasteiger partial charge is 0.342 e. The SMILES string of the molecule is Fc1ccc(NC(=S)N/N=C\c2cn(Cc3cccc(C(F)(F)F)c3)c3ccccc23)c(F)c1. The van der Waals surface area contributed by atoms with E-state index in [2.05, 4.69) is 15.8 Å². The monoisotopic (exact) mass is 488 g/mol. The molecule has 0 fully saturated rings. The molecule has 0 aliphatic rings. The van der Waals surface area contributed by atoms with Crippen LogP contribution in [0.3, 0.4) is 0 Å².